The maximum absolute atomic E-state index is 12.2. The first-order valence-corrected chi connectivity index (χ1v) is 8.40. The molecule has 114 valence electrons. The van der Waals surface area contributed by atoms with Crippen molar-refractivity contribution < 1.29 is 5.11 Å². The molecule has 4 fully saturated rings. The minimum absolute atomic E-state index is 0.0429. The largest absolute Gasteiger partial charge is 0.391 e. The van der Waals surface area contributed by atoms with Crippen molar-refractivity contribution in [2.45, 2.75) is 58.1 Å². The van der Waals surface area contributed by atoms with Gasteiger partial charge in [0.05, 0.1) is 12.6 Å². The van der Waals surface area contributed by atoms with Gasteiger partial charge in [-0.15, -0.1) is 0 Å². The van der Waals surface area contributed by atoms with Crippen LogP contribution in [0.1, 0.15) is 44.1 Å². The summed E-state index contributed by atoms with van der Waals surface area (Å²) in [6, 6.07) is 3.75. The van der Waals surface area contributed by atoms with Gasteiger partial charge in [-0.3, -0.25) is 4.79 Å². The zero-order valence-electron chi connectivity index (χ0n) is 12.8. The number of aliphatic hydroxyl groups excluding tert-OH is 1. The van der Waals surface area contributed by atoms with Crippen LogP contribution in [0.3, 0.4) is 0 Å². The summed E-state index contributed by atoms with van der Waals surface area (Å²) >= 11 is 0. The number of aliphatic hydroxyl groups is 1. The van der Waals surface area contributed by atoms with Crippen molar-refractivity contribution in [2.75, 3.05) is 0 Å². The molecule has 5 rings (SSSR count). The number of aryl methyl sites for hydroxylation is 1. The van der Waals surface area contributed by atoms with Crippen LogP contribution in [-0.4, -0.2) is 15.8 Å². The summed E-state index contributed by atoms with van der Waals surface area (Å²) in [5, 5.41) is 10.9. The summed E-state index contributed by atoms with van der Waals surface area (Å²) in [4.78, 5) is 12.2. The number of rotatable bonds is 3. The summed E-state index contributed by atoms with van der Waals surface area (Å²) in [7, 11) is 0. The van der Waals surface area contributed by atoms with Gasteiger partial charge in [0.2, 0.25) is 0 Å². The van der Waals surface area contributed by atoms with E-state index in [4.69, 9.17) is 0 Å². The van der Waals surface area contributed by atoms with Gasteiger partial charge in [-0.05, 0) is 74.7 Å². The Labute approximate surface area is 126 Å². The highest BCUT2D eigenvalue weighted by Crippen LogP contribution is 2.61. The van der Waals surface area contributed by atoms with Gasteiger partial charge >= 0.3 is 0 Å². The van der Waals surface area contributed by atoms with E-state index in [1.54, 1.807) is 4.57 Å². The molecule has 4 saturated carbocycles. The lowest BCUT2D eigenvalue weighted by atomic mass is 9.48. The van der Waals surface area contributed by atoms with Crippen molar-refractivity contribution in [3.63, 3.8) is 0 Å². The molecule has 4 aliphatic carbocycles. The fourth-order valence-electron chi connectivity index (χ4n) is 5.77. The third kappa shape index (κ3) is 2.17. The van der Waals surface area contributed by atoms with Crippen LogP contribution in [0.4, 0.5) is 0 Å². The van der Waals surface area contributed by atoms with Crippen LogP contribution in [0, 0.1) is 30.1 Å². The van der Waals surface area contributed by atoms with Gasteiger partial charge in [-0.1, -0.05) is 6.07 Å². The second-order valence-corrected chi connectivity index (χ2v) is 7.94. The predicted molar refractivity (Wildman–Crippen MR) is 82.1 cm³/mol. The molecule has 1 unspecified atom stereocenters. The lowest BCUT2D eigenvalue weighted by molar-refractivity contribution is -0.124. The zero-order valence-corrected chi connectivity index (χ0v) is 12.8. The Morgan fingerprint density at radius 2 is 1.81 bits per heavy atom. The molecule has 0 amide bonds. The summed E-state index contributed by atoms with van der Waals surface area (Å²) in [5.41, 5.74) is 0.897. The van der Waals surface area contributed by atoms with Crippen LogP contribution in [0.15, 0.2) is 23.1 Å². The minimum Gasteiger partial charge on any atom is -0.391 e. The second kappa shape index (κ2) is 4.70. The normalized spacial score (nSPS) is 38.7. The van der Waals surface area contributed by atoms with E-state index in [1.807, 2.05) is 25.3 Å². The number of nitrogens with zero attached hydrogens (tertiary/aromatic N) is 1. The maximum atomic E-state index is 12.2. The van der Waals surface area contributed by atoms with Crippen LogP contribution in [-0.2, 0) is 6.54 Å². The Balaban J connectivity index is 1.59. The molecule has 0 spiro atoms. The predicted octanol–water partition coefficient (Wildman–Crippen LogP) is 2.73. The van der Waals surface area contributed by atoms with Gasteiger partial charge in [0.15, 0.2) is 0 Å². The molecule has 0 radical (unpaired) electrons. The van der Waals surface area contributed by atoms with Crippen LogP contribution < -0.4 is 5.56 Å². The van der Waals surface area contributed by atoms with Gasteiger partial charge in [0.25, 0.3) is 5.56 Å². The van der Waals surface area contributed by atoms with Crippen molar-refractivity contribution in [1.82, 2.24) is 4.57 Å². The van der Waals surface area contributed by atoms with E-state index in [2.05, 4.69) is 0 Å². The van der Waals surface area contributed by atoms with E-state index in [9.17, 15) is 9.90 Å². The first-order valence-electron chi connectivity index (χ1n) is 8.40. The van der Waals surface area contributed by atoms with Gasteiger partial charge in [0.1, 0.15) is 0 Å². The third-order valence-electron chi connectivity index (χ3n) is 6.37. The molecule has 1 heterocycles. The van der Waals surface area contributed by atoms with Crippen molar-refractivity contribution in [2.24, 2.45) is 23.2 Å². The molecule has 1 aromatic rings. The zero-order chi connectivity index (χ0) is 14.6. The molecule has 0 aliphatic heterocycles. The summed E-state index contributed by atoms with van der Waals surface area (Å²) < 4.78 is 1.71. The Morgan fingerprint density at radius 3 is 2.38 bits per heavy atom. The number of pyridine rings is 1. The average molecular weight is 287 g/mol. The monoisotopic (exact) mass is 287 g/mol. The highest BCUT2D eigenvalue weighted by molar-refractivity contribution is 5.09. The van der Waals surface area contributed by atoms with Crippen molar-refractivity contribution >= 4 is 0 Å². The first-order chi connectivity index (χ1) is 10.1. The van der Waals surface area contributed by atoms with E-state index in [0.29, 0.717) is 6.54 Å². The highest BCUT2D eigenvalue weighted by atomic mass is 16.3. The Bertz CT molecular complexity index is 568. The van der Waals surface area contributed by atoms with E-state index < -0.39 is 0 Å². The summed E-state index contributed by atoms with van der Waals surface area (Å²) in [6.07, 6.45) is 9.15. The van der Waals surface area contributed by atoms with Crippen LogP contribution in [0.2, 0.25) is 0 Å². The first kappa shape index (κ1) is 13.6. The van der Waals surface area contributed by atoms with Crippen LogP contribution >= 0.6 is 0 Å². The van der Waals surface area contributed by atoms with Crippen molar-refractivity contribution in [1.29, 1.82) is 0 Å². The van der Waals surface area contributed by atoms with Gasteiger partial charge in [0, 0.05) is 11.8 Å². The van der Waals surface area contributed by atoms with Crippen LogP contribution in [0.25, 0.3) is 0 Å². The lowest BCUT2D eigenvalue weighted by Crippen LogP contribution is -2.53. The highest BCUT2D eigenvalue weighted by Gasteiger charge is 2.53. The Morgan fingerprint density at radius 1 is 1.24 bits per heavy atom. The van der Waals surface area contributed by atoms with E-state index in [0.717, 1.165) is 23.3 Å². The molecular formula is C18H25NO2. The Kier molecular flexibility index (Phi) is 3.04. The smallest absolute Gasteiger partial charge is 0.253 e. The van der Waals surface area contributed by atoms with Gasteiger partial charge < -0.3 is 9.67 Å². The van der Waals surface area contributed by atoms with Crippen molar-refractivity contribution in [3.05, 3.63) is 34.2 Å². The van der Waals surface area contributed by atoms with E-state index in [1.165, 1.54) is 38.5 Å². The summed E-state index contributed by atoms with van der Waals surface area (Å²) in [5.74, 6) is 2.50. The quantitative estimate of drug-likeness (QED) is 0.929. The summed E-state index contributed by atoms with van der Waals surface area (Å²) in [6.45, 7) is 2.31. The van der Waals surface area contributed by atoms with E-state index in [-0.39, 0.29) is 17.1 Å². The molecule has 1 aromatic heterocycles. The number of aromatic nitrogens is 1. The molecule has 3 nitrogen and oxygen atoms in total. The molecular weight excluding hydrogens is 262 g/mol. The molecule has 4 aliphatic rings. The lowest BCUT2D eigenvalue weighted by Gasteiger charge is -2.58. The Hall–Kier alpha value is -1.09. The minimum atomic E-state index is -0.370. The van der Waals surface area contributed by atoms with Crippen LogP contribution in [0.5, 0.6) is 0 Å². The molecule has 0 aromatic carbocycles. The van der Waals surface area contributed by atoms with E-state index >= 15 is 0 Å². The van der Waals surface area contributed by atoms with Crippen molar-refractivity contribution in [3.8, 4) is 0 Å². The standard InChI is InChI=1S/C18H25NO2/c1-12-3-2-4-19(17(12)21)11-16(20)18-8-13-5-14(9-18)7-15(6-13)10-18/h2-4,13-16,20H,5-11H2,1H3. The third-order valence-corrected chi connectivity index (χ3v) is 6.37. The molecule has 4 bridgehead atoms. The second-order valence-electron chi connectivity index (χ2n) is 7.94. The molecule has 1 atom stereocenters. The topological polar surface area (TPSA) is 42.2 Å². The number of hydrogen-bond donors (Lipinski definition) is 1. The van der Waals surface area contributed by atoms with Gasteiger partial charge in [-0.2, -0.15) is 0 Å². The molecule has 21 heavy (non-hydrogen) atoms. The van der Waals surface area contributed by atoms with Gasteiger partial charge in [-0.25, -0.2) is 0 Å². The molecule has 0 saturated heterocycles. The fourth-order valence-corrected chi connectivity index (χ4v) is 5.77. The fraction of sp³-hybridized carbons (Fsp3) is 0.722. The molecule has 1 N–H and O–H groups in total. The number of hydrogen-bond acceptors (Lipinski definition) is 2. The SMILES string of the molecule is Cc1cccn(CC(O)C23CC4CC(CC(C4)C2)C3)c1=O. The maximum Gasteiger partial charge on any atom is 0.253 e. The molecule has 3 heteroatoms. The average Bonchev–Trinajstić information content (AvgIpc) is 2.42.